The van der Waals surface area contributed by atoms with Crippen LogP contribution in [0.5, 0.6) is 0 Å². The van der Waals surface area contributed by atoms with E-state index in [2.05, 4.69) is 10.3 Å². The van der Waals surface area contributed by atoms with Gasteiger partial charge in [-0.25, -0.2) is 0 Å². The summed E-state index contributed by atoms with van der Waals surface area (Å²) in [6.07, 6.45) is 0. The highest BCUT2D eigenvalue weighted by Gasteiger charge is 2.03. The van der Waals surface area contributed by atoms with E-state index in [0.717, 1.165) is 23.4 Å². The van der Waals surface area contributed by atoms with Gasteiger partial charge in [-0.1, -0.05) is 6.92 Å². The fraction of sp³-hybridized carbons (Fsp3) is 0.500. The second-order valence-corrected chi connectivity index (χ2v) is 3.22. The van der Waals surface area contributed by atoms with Gasteiger partial charge in [0.15, 0.2) is 0 Å². The van der Waals surface area contributed by atoms with E-state index in [0.29, 0.717) is 6.54 Å². The van der Waals surface area contributed by atoms with Crippen molar-refractivity contribution in [2.45, 2.75) is 27.3 Å². The minimum Gasteiger partial charge on any atom is -0.326 e. The molecule has 1 aromatic rings. The molecule has 0 spiro atoms. The summed E-state index contributed by atoms with van der Waals surface area (Å²) in [5.41, 5.74) is 2.84. The van der Waals surface area contributed by atoms with Gasteiger partial charge in [-0.2, -0.15) is 0 Å². The van der Waals surface area contributed by atoms with Crippen LogP contribution in [0.15, 0.2) is 10.9 Å². The summed E-state index contributed by atoms with van der Waals surface area (Å²) >= 11 is 0. The van der Waals surface area contributed by atoms with Gasteiger partial charge in [0.05, 0.1) is 0 Å². The first-order valence-corrected chi connectivity index (χ1v) is 4.55. The maximum Gasteiger partial charge on any atom is 0.252 e. The highest BCUT2D eigenvalue weighted by molar-refractivity contribution is 5.24. The molecule has 1 aromatic heterocycles. The van der Waals surface area contributed by atoms with E-state index in [9.17, 15) is 4.79 Å². The van der Waals surface area contributed by atoms with Crippen molar-refractivity contribution in [3.63, 3.8) is 0 Å². The molecule has 0 saturated carbocycles. The first-order valence-electron chi connectivity index (χ1n) is 4.55. The molecule has 2 N–H and O–H groups in total. The molecule has 76 valence electrons. The van der Waals surface area contributed by atoms with Crippen LogP contribution in [0, 0.1) is 13.8 Å². The number of H-pyrrole nitrogens is 1. The number of pyridine rings is 1. The van der Waals surface area contributed by atoms with E-state index in [1.54, 1.807) is 0 Å². The number of aromatic nitrogens is 1. The topological polar surface area (TPSA) is 44.9 Å². The summed E-state index contributed by atoms with van der Waals surface area (Å²) < 4.78 is 0. The van der Waals surface area contributed by atoms with E-state index in [-0.39, 0.29) is 8.41 Å². The molecule has 1 rings (SSSR count). The van der Waals surface area contributed by atoms with Crippen molar-refractivity contribution in [3.8, 4) is 0 Å². The lowest BCUT2D eigenvalue weighted by atomic mass is 10.1. The summed E-state index contributed by atoms with van der Waals surface area (Å²) in [4.78, 5) is 14.3. The van der Waals surface area contributed by atoms with Gasteiger partial charge < -0.3 is 10.3 Å². The molecule has 0 saturated heterocycles. The molecule has 0 aliphatic rings. The molecule has 3 heteroatoms. The second kappa shape index (κ2) is 4.23. The minimum atomic E-state index is 0. The third-order valence-corrected chi connectivity index (χ3v) is 2.05. The van der Waals surface area contributed by atoms with Crippen molar-refractivity contribution in [2.24, 2.45) is 0 Å². The summed E-state index contributed by atoms with van der Waals surface area (Å²) in [7, 11) is 0. The van der Waals surface area contributed by atoms with Crippen LogP contribution in [0.2, 0.25) is 0 Å². The maximum atomic E-state index is 11.5. The van der Waals surface area contributed by atoms with Gasteiger partial charge in [0, 0.05) is 20.7 Å². The SMILES string of the molecule is CCNCc1c(C)cc(C)[nH]c1=O.[HH].[HH]. The van der Waals surface area contributed by atoms with Gasteiger partial charge in [0.2, 0.25) is 0 Å². The Morgan fingerprint density at radius 2 is 2.23 bits per heavy atom. The number of aromatic amines is 1. The van der Waals surface area contributed by atoms with Crippen LogP contribution in [0.4, 0.5) is 0 Å². The normalized spacial score (nSPS) is 10.4. The van der Waals surface area contributed by atoms with Crippen LogP contribution >= 0.6 is 0 Å². The Bertz CT molecular complexity index is 350. The lowest BCUT2D eigenvalue weighted by Crippen LogP contribution is -2.22. The summed E-state index contributed by atoms with van der Waals surface area (Å²) in [5.74, 6) is 0. The molecular formula is C10H20N2O. The molecule has 1 heterocycles. The molecule has 3 nitrogen and oxygen atoms in total. The zero-order valence-electron chi connectivity index (χ0n) is 8.40. The fourth-order valence-corrected chi connectivity index (χ4v) is 1.35. The number of hydrogen-bond acceptors (Lipinski definition) is 2. The van der Waals surface area contributed by atoms with Crippen molar-refractivity contribution in [3.05, 3.63) is 33.2 Å². The summed E-state index contributed by atoms with van der Waals surface area (Å²) in [6.45, 7) is 7.42. The molecule has 0 bridgehead atoms. The van der Waals surface area contributed by atoms with Crippen molar-refractivity contribution < 1.29 is 2.85 Å². The number of aryl methyl sites for hydroxylation is 2. The lowest BCUT2D eigenvalue weighted by Gasteiger charge is -2.05. The predicted molar refractivity (Wildman–Crippen MR) is 58.1 cm³/mol. The van der Waals surface area contributed by atoms with Crippen molar-refractivity contribution in [1.82, 2.24) is 10.3 Å². The first kappa shape index (κ1) is 9.99. The van der Waals surface area contributed by atoms with Crippen LogP contribution in [-0.4, -0.2) is 11.5 Å². The van der Waals surface area contributed by atoms with Crippen molar-refractivity contribution >= 4 is 0 Å². The quantitative estimate of drug-likeness (QED) is 0.749. The standard InChI is InChI=1S/C10H16N2O.2H2/c1-4-11-6-9-7(2)5-8(3)12-10(9)13;;/h5,11H,4,6H2,1-3H3,(H,12,13);2*1H. The molecule has 0 atom stereocenters. The molecule has 0 aliphatic carbocycles. The van der Waals surface area contributed by atoms with Crippen LogP contribution in [0.3, 0.4) is 0 Å². The van der Waals surface area contributed by atoms with E-state index in [4.69, 9.17) is 0 Å². The smallest absolute Gasteiger partial charge is 0.252 e. The minimum absolute atomic E-state index is 0. The Morgan fingerprint density at radius 1 is 1.54 bits per heavy atom. The Morgan fingerprint density at radius 3 is 2.77 bits per heavy atom. The summed E-state index contributed by atoms with van der Waals surface area (Å²) in [6, 6.07) is 1.99. The van der Waals surface area contributed by atoms with Gasteiger partial charge in [-0.3, -0.25) is 4.79 Å². The Labute approximate surface area is 81.2 Å². The summed E-state index contributed by atoms with van der Waals surface area (Å²) in [5, 5.41) is 3.15. The molecule has 0 fully saturated rings. The molecule has 0 unspecified atom stereocenters. The van der Waals surface area contributed by atoms with Gasteiger partial charge in [0.25, 0.3) is 5.56 Å². The second-order valence-electron chi connectivity index (χ2n) is 3.22. The van der Waals surface area contributed by atoms with Crippen LogP contribution < -0.4 is 10.9 Å². The zero-order valence-corrected chi connectivity index (χ0v) is 8.40. The third kappa shape index (κ3) is 2.42. The van der Waals surface area contributed by atoms with Gasteiger partial charge in [-0.05, 0) is 32.0 Å². The van der Waals surface area contributed by atoms with E-state index < -0.39 is 0 Å². The molecule has 0 aliphatic heterocycles. The van der Waals surface area contributed by atoms with Gasteiger partial charge in [0.1, 0.15) is 0 Å². The largest absolute Gasteiger partial charge is 0.326 e. The van der Waals surface area contributed by atoms with E-state index in [1.807, 2.05) is 26.8 Å². The Hall–Kier alpha value is -1.09. The van der Waals surface area contributed by atoms with E-state index in [1.165, 1.54) is 0 Å². The fourth-order valence-electron chi connectivity index (χ4n) is 1.35. The highest BCUT2D eigenvalue weighted by atomic mass is 16.1. The number of hydrogen-bond donors (Lipinski definition) is 2. The average molecular weight is 184 g/mol. The van der Waals surface area contributed by atoms with Crippen molar-refractivity contribution in [1.29, 1.82) is 0 Å². The van der Waals surface area contributed by atoms with E-state index >= 15 is 0 Å². The predicted octanol–water partition coefficient (Wildman–Crippen LogP) is 1.59. The number of nitrogens with one attached hydrogen (secondary N) is 2. The average Bonchev–Trinajstić information content (AvgIpc) is 2.02. The Kier molecular flexibility index (Phi) is 3.25. The lowest BCUT2D eigenvalue weighted by molar-refractivity contribution is 0.715. The highest BCUT2D eigenvalue weighted by Crippen LogP contribution is 2.02. The van der Waals surface area contributed by atoms with Crippen LogP contribution in [0.25, 0.3) is 0 Å². The molecule has 13 heavy (non-hydrogen) atoms. The van der Waals surface area contributed by atoms with Gasteiger partial charge in [-0.15, -0.1) is 0 Å². The molecule has 0 radical (unpaired) electrons. The third-order valence-electron chi connectivity index (χ3n) is 2.05. The molecule has 0 aromatic carbocycles. The first-order chi connectivity index (χ1) is 6.15. The Balaban J connectivity index is 0. The van der Waals surface area contributed by atoms with Crippen LogP contribution in [-0.2, 0) is 6.54 Å². The van der Waals surface area contributed by atoms with Crippen molar-refractivity contribution in [2.75, 3.05) is 6.54 Å². The molecular weight excluding hydrogens is 164 g/mol. The monoisotopic (exact) mass is 184 g/mol. The molecule has 0 amide bonds. The maximum absolute atomic E-state index is 11.5. The number of rotatable bonds is 3. The van der Waals surface area contributed by atoms with Gasteiger partial charge >= 0.3 is 0 Å². The zero-order chi connectivity index (χ0) is 9.84. The van der Waals surface area contributed by atoms with Crippen LogP contribution in [0.1, 0.15) is 26.6 Å².